The Labute approximate surface area is 281 Å². The van der Waals surface area contributed by atoms with E-state index in [1.165, 1.54) is 64.8 Å². The number of nitrogens with one attached hydrogen (secondary N) is 1. The van der Waals surface area contributed by atoms with Crippen molar-refractivity contribution in [2.24, 2.45) is 16.9 Å². The Kier molecular flexibility index (Phi) is 22.5. The van der Waals surface area contributed by atoms with E-state index in [0.29, 0.717) is 18.8 Å². The van der Waals surface area contributed by atoms with Gasteiger partial charge in [-0.3, -0.25) is 9.80 Å². The Hall–Kier alpha value is -2.33. The Morgan fingerprint density at radius 2 is 1.80 bits per heavy atom. The first-order chi connectivity index (χ1) is 22.3. The fraction of sp³-hybridized carbons (Fsp3) is 0.757. The Morgan fingerprint density at radius 3 is 2.41 bits per heavy atom. The number of ether oxygens (including phenoxy) is 2. The first-order valence-corrected chi connectivity index (χ1v) is 17.8. The van der Waals surface area contributed by atoms with Gasteiger partial charge in [-0.15, -0.1) is 0 Å². The van der Waals surface area contributed by atoms with Crippen LogP contribution in [-0.4, -0.2) is 113 Å². The predicted octanol–water partition coefficient (Wildman–Crippen LogP) is 6.71. The van der Waals surface area contributed by atoms with Gasteiger partial charge in [0.15, 0.2) is 0 Å². The molecule has 0 amide bonds. The van der Waals surface area contributed by atoms with Crippen LogP contribution < -0.4 is 5.32 Å². The molecule has 0 saturated carbocycles. The van der Waals surface area contributed by atoms with Gasteiger partial charge in [0.25, 0.3) is 0 Å². The number of hydrogen-bond donors (Lipinski definition) is 1. The van der Waals surface area contributed by atoms with E-state index in [0.717, 1.165) is 61.4 Å². The van der Waals surface area contributed by atoms with Crippen LogP contribution in [0.4, 0.5) is 5.69 Å². The van der Waals surface area contributed by atoms with Crippen molar-refractivity contribution >= 4 is 25.0 Å². The van der Waals surface area contributed by atoms with E-state index in [-0.39, 0.29) is 18.0 Å². The molecule has 0 aromatic heterocycles. The molecule has 1 N–H and O–H groups in total. The molecule has 0 bridgehead atoms. The van der Waals surface area contributed by atoms with Crippen molar-refractivity contribution in [2.75, 3.05) is 78.6 Å². The smallest absolute Gasteiger partial charge is 0.150 e. The first-order valence-electron chi connectivity index (χ1n) is 17.8. The molecular formula is C37H67N5O4. The number of carbonyl (C=O) groups excluding carboxylic acids is 2. The molecular weight excluding hydrogens is 578 g/mol. The number of rotatable bonds is 16. The summed E-state index contributed by atoms with van der Waals surface area (Å²) in [7, 11) is 4.08. The minimum atomic E-state index is -0.303. The summed E-state index contributed by atoms with van der Waals surface area (Å²) in [6, 6.07) is 3.66. The number of likely N-dealkylation sites (N-methyl/N-ethyl adjacent to an activating group) is 1. The van der Waals surface area contributed by atoms with Gasteiger partial charge < -0.3 is 29.4 Å². The molecule has 2 fully saturated rings. The van der Waals surface area contributed by atoms with Crippen molar-refractivity contribution in [2.45, 2.75) is 98.6 Å². The molecule has 9 nitrogen and oxygen atoms in total. The fourth-order valence-electron chi connectivity index (χ4n) is 6.15. The molecule has 0 spiro atoms. The molecule has 3 rings (SSSR count). The number of hydrogen-bond acceptors (Lipinski definition) is 9. The van der Waals surface area contributed by atoms with Gasteiger partial charge in [-0.1, -0.05) is 27.7 Å². The molecule has 0 aliphatic carbocycles. The molecule has 9 heteroatoms. The highest BCUT2D eigenvalue weighted by molar-refractivity contribution is 5.80. The largest absolute Gasteiger partial charge is 0.388 e. The number of aryl methyl sites for hydroxylation is 1. The molecule has 46 heavy (non-hydrogen) atoms. The van der Waals surface area contributed by atoms with Gasteiger partial charge in [-0.05, 0) is 109 Å². The molecule has 1 aromatic rings. The summed E-state index contributed by atoms with van der Waals surface area (Å²) < 4.78 is 10.9. The van der Waals surface area contributed by atoms with Gasteiger partial charge in [0.2, 0.25) is 0 Å². The van der Waals surface area contributed by atoms with Crippen LogP contribution in [0.1, 0.15) is 107 Å². The maximum Gasteiger partial charge on any atom is 0.150 e. The van der Waals surface area contributed by atoms with E-state index < -0.39 is 0 Å². The quantitative estimate of drug-likeness (QED) is 0.0920. The number of nitrogens with zero attached hydrogens (tertiary/aromatic N) is 4. The predicted molar refractivity (Wildman–Crippen MR) is 193 cm³/mol. The van der Waals surface area contributed by atoms with E-state index in [9.17, 15) is 9.59 Å². The van der Waals surface area contributed by atoms with Gasteiger partial charge in [-0.2, -0.15) is 5.10 Å². The van der Waals surface area contributed by atoms with Crippen LogP contribution in [0.2, 0.25) is 0 Å². The maximum absolute atomic E-state index is 11.6. The SMILES string of the molecule is C=NN(C1CCOCC1)C(c1cc(C=O)c(C)cc1NC)C(C)C=O.CC.CCOCCCC(C)CCN1CCCCN(C)CC1. The number of anilines is 1. The lowest BCUT2D eigenvalue weighted by molar-refractivity contribution is -0.113. The monoisotopic (exact) mass is 646 g/mol. The number of benzene rings is 1. The minimum Gasteiger partial charge on any atom is -0.388 e. The van der Waals surface area contributed by atoms with Crippen molar-refractivity contribution in [3.05, 3.63) is 28.8 Å². The van der Waals surface area contributed by atoms with E-state index in [1.807, 2.05) is 51.9 Å². The molecule has 2 saturated heterocycles. The second-order valence-corrected chi connectivity index (χ2v) is 12.6. The summed E-state index contributed by atoms with van der Waals surface area (Å²) >= 11 is 0. The number of aldehydes is 2. The summed E-state index contributed by atoms with van der Waals surface area (Å²) in [6.45, 7) is 25.5. The molecule has 3 unspecified atom stereocenters. The zero-order valence-corrected chi connectivity index (χ0v) is 30.6. The zero-order chi connectivity index (χ0) is 34.3. The van der Waals surface area contributed by atoms with Crippen LogP contribution in [0.5, 0.6) is 0 Å². The highest BCUT2D eigenvalue weighted by Crippen LogP contribution is 2.37. The van der Waals surface area contributed by atoms with Gasteiger partial charge in [-0.25, -0.2) is 0 Å². The average Bonchev–Trinajstić information content (AvgIpc) is 3.08. The second kappa shape index (κ2) is 24.8. The summed E-state index contributed by atoms with van der Waals surface area (Å²) in [5.74, 6) is 0.534. The van der Waals surface area contributed by atoms with E-state index in [1.54, 1.807) is 0 Å². The Morgan fingerprint density at radius 1 is 1.11 bits per heavy atom. The van der Waals surface area contributed by atoms with Crippen molar-refractivity contribution in [1.29, 1.82) is 0 Å². The summed E-state index contributed by atoms with van der Waals surface area (Å²) in [6.07, 6.45) is 10.1. The van der Waals surface area contributed by atoms with Crippen LogP contribution in [0.15, 0.2) is 17.2 Å². The summed E-state index contributed by atoms with van der Waals surface area (Å²) in [5, 5.41) is 9.37. The second-order valence-electron chi connectivity index (χ2n) is 12.6. The average molecular weight is 646 g/mol. The fourth-order valence-corrected chi connectivity index (χ4v) is 6.15. The third-order valence-electron chi connectivity index (χ3n) is 9.07. The summed E-state index contributed by atoms with van der Waals surface area (Å²) in [5.41, 5.74) is 3.29. The normalized spacial score (nSPS) is 18.3. The molecule has 2 aliphatic rings. The molecule has 0 radical (unpaired) electrons. The van der Waals surface area contributed by atoms with E-state index in [2.05, 4.69) is 47.8 Å². The maximum atomic E-state index is 11.6. The van der Waals surface area contributed by atoms with Crippen LogP contribution in [0.3, 0.4) is 0 Å². The van der Waals surface area contributed by atoms with E-state index in [4.69, 9.17) is 9.47 Å². The van der Waals surface area contributed by atoms with Crippen LogP contribution in [0.25, 0.3) is 0 Å². The molecule has 2 heterocycles. The zero-order valence-electron chi connectivity index (χ0n) is 30.6. The molecule has 1 aromatic carbocycles. The van der Waals surface area contributed by atoms with Crippen LogP contribution >= 0.6 is 0 Å². The lowest BCUT2D eigenvalue weighted by atomic mass is 9.89. The molecule has 2 aliphatic heterocycles. The Balaban J connectivity index is 0.000000452. The van der Waals surface area contributed by atoms with Crippen LogP contribution in [0, 0.1) is 18.8 Å². The number of carbonyl (C=O) groups is 2. The van der Waals surface area contributed by atoms with Crippen molar-refractivity contribution in [1.82, 2.24) is 14.8 Å². The molecule has 264 valence electrons. The lowest BCUT2D eigenvalue weighted by Gasteiger charge is -2.40. The topological polar surface area (TPSA) is 86.7 Å². The van der Waals surface area contributed by atoms with Gasteiger partial charge in [0.05, 0.1) is 12.1 Å². The molecule has 3 atom stereocenters. The lowest BCUT2D eigenvalue weighted by Crippen LogP contribution is -2.41. The van der Waals surface area contributed by atoms with Crippen LogP contribution in [-0.2, 0) is 14.3 Å². The highest BCUT2D eigenvalue weighted by atomic mass is 16.5. The standard InChI is InChI=1S/C19H27N3O3.C16H34N2O.C2H6/c1-13-9-18(20-3)17(10-15(13)12-24)19(14(2)11-23)22(21-4)16-5-7-25-8-6-16;1-4-19-15-7-8-16(2)9-12-18-11-6-5-10-17(3)13-14-18;1-2/h9-12,14,16,19-20H,4-8H2,1-3H3;16H,4-15H2,1-3H3;1-2H3. The van der Waals surface area contributed by atoms with Crippen molar-refractivity contribution < 1.29 is 19.1 Å². The third-order valence-corrected chi connectivity index (χ3v) is 9.07. The first kappa shape index (κ1) is 41.7. The van der Waals surface area contributed by atoms with Gasteiger partial charge >= 0.3 is 0 Å². The van der Waals surface area contributed by atoms with Crippen molar-refractivity contribution in [3.63, 3.8) is 0 Å². The minimum absolute atomic E-state index is 0.157. The van der Waals surface area contributed by atoms with Crippen molar-refractivity contribution in [3.8, 4) is 0 Å². The van der Waals surface area contributed by atoms with Gasteiger partial charge in [0.1, 0.15) is 12.6 Å². The van der Waals surface area contributed by atoms with Gasteiger partial charge in [0, 0.05) is 76.0 Å². The Bertz CT molecular complexity index is 971. The number of hydrazone groups is 1. The summed E-state index contributed by atoms with van der Waals surface area (Å²) in [4.78, 5) is 28.2. The van der Waals surface area contributed by atoms with E-state index >= 15 is 0 Å². The highest BCUT2D eigenvalue weighted by Gasteiger charge is 2.33. The third kappa shape index (κ3) is 14.6.